The van der Waals surface area contributed by atoms with Gasteiger partial charge < -0.3 is 20.1 Å². The van der Waals surface area contributed by atoms with E-state index in [4.69, 9.17) is 9.47 Å². The Labute approximate surface area is 181 Å². The lowest BCUT2D eigenvalue weighted by atomic mass is 10.1. The summed E-state index contributed by atoms with van der Waals surface area (Å²) in [7, 11) is 3.25. The van der Waals surface area contributed by atoms with E-state index in [1.807, 2.05) is 24.3 Å². The molecule has 0 aromatic heterocycles. The van der Waals surface area contributed by atoms with E-state index >= 15 is 0 Å². The molecule has 0 heterocycles. The van der Waals surface area contributed by atoms with Crippen LogP contribution in [0.4, 0.5) is 8.78 Å². The number of halogens is 3. The zero-order valence-corrected chi connectivity index (χ0v) is 18.5. The van der Waals surface area contributed by atoms with Crippen LogP contribution < -0.4 is 15.4 Å². The first-order valence-corrected chi connectivity index (χ1v) is 8.67. The Bertz CT molecular complexity index is 775. The molecule has 0 aliphatic carbocycles. The smallest absolute Gasteiger partial charge is 0.191 e. The molecule has 0 spiro atoms. The lowest BCUT2D eigenvalue weighted by Gasteiger charge is -2.19. The van der Waals surface area contributed by atoms with E-state index in [9.17, 15) is 8.78 Å². The Morgan fingerprint density at radius 3 is 2.61 bits per heavy atom. The van der Waals surface area contributed by atoms with Gasteiger partial charge in [0.15, 0.2) is 5.96 Å². The summed E-state index contributed by atoms with van der Waals surface area (Å²) in [5.41, 5.74) is 1.34. The first-order chi connectivity index (χ1) is 13.0. The molecule has 28 heavy (non-hydrogen) atoms. The summed E-state index contributed by atoms with van der Waals surface area (Å²) >= 11 is 0. The zero-order valence-electron chi connectivity index (χ0n) is 16.2. The lowest BCUT2D eigenvalue weighted by Crippen LogP contribution is -2.40. The molecule has 1 unspecified atom stereocenters. The number of para-hydroxylation sites is 1. The second-order valence-corrected chi connectivity index (χ2v) is 5.90. The van der Waals surface area contributed by atoms with Crippen LogP contribution in [-0.2, 0) is 11.3 Å². The Morgan fingerprint density at radius 2 is 1.93 bits per heavy atom. The van der Waals surface area contributed by atoms with Crippen LogP contribution in [0.15, 0.2) is 47.5 Å². The summed E-state index contributed by atoms with van der Waals surface area (Å²) < 4.78 is 37.8. The van der Waals surface area contributed by atoms with E-state index in [1.165, 1.54) is 12.1 Å². The molecule has 0 radical (unpaired) electrons. The van der Waals surface area contributed by atoms with Crippen LogP contribution in [0.1, 0.15) is 24.1 Å². The molecule has 1 atom stereocenters. The van der Waals surface area contributed by atoms with Crippen LogP contribution in [-0.4, -0.2) is 33.3 Å². The van der Waals surface area contributed by atoms with Crippen LogP contribution >= 0.6 is 24.0 Å². The van der Waals surface area contributed by atoms with Gasteiger partial charge in [-0.15, -0.1) is 24.0 Å². The number of rotatable bonds is 8. The molecular formula is C20H26F2IN3O2. The average Bonchev–Trinajstić information content (AvgIpc) is 2.66. The van der Waals surface area contributed by atoms with Gasteiger partial charge in [-0.1, -0.05) is 24.3 Å². The Balaban J connectivity index is 0.00000392. The molecule has 8 heteroatoms. The standard InChI is InChI=1S/C20H25F2N3O2.HI/c1-14(17-9-8-16(21)12-18(17)22)25-20(23-2)24-10-11-27-13-15-6-4-5-7-19(15)26-3;/h4-9,12,14H,10-11,13H2,1-3H3,(H2,23,24,25);1H. The predicted octanol–water partition coefficient (Wildman–Crippen LogP) is 4.03. The Kier molecular flexibility index (Phi) is 10.8. The summed E-state index contributed by atoms with van der Waals surface area (Å²) in [6.07, 6.45) is 0. The SMILES string of the molecule is CN=C(NCCOCc1ccccc1OC)NC(C)c1ccc(F)cc1F.I. The van der Waals surface area contributed by atoms with Gasteiger partial charge in [0.2, 0.25) is 0 Å². The van der Waals surface area contributed by atoms with Crippen molar-refractivity contribution >= 4 is 29.9 Å². The highest BCUT2D eigenvalue weighted by Crippen LogP contribution is 2.18. The molecule has 0 fully saturated rings. The van der Waals surface area contributed by atoms with E-state index in [0.717, 1.165) is 17.4 Å². The van der Waals surface area contributed by atoms with E-state index < -0.39 is 11.6 Å². The molecular weight excluding hydrogens is 479 g/mol. The maximum absolute atomic E-state index is 13.9. The summed E-state index contributed by atoms with van der Waals surface area (Å²) in [5, 5.41) is 6.17. The van der Waals surface area contributed by atoms with Crippen molar-refractivity contribution in [3.05, 3.63) is 65.2 Å². The molecule has 154 valence electrons. The van der Waals surface area contributed by atoms with Crippen molar-refractivity contribution in [2.45, 2.75) is 19.6 Å². The molecule has 0 bridgehead atoms. The fraction of sp³-hybridized carbons (Fsp3) is 0.350. The molecule has 2 aromatic rings. The maximum Gasteiger partial charge on any atom is 0.191 e. The van der Waals surface area contributed by atoms with E-state index in [1.54, 1.807) is 21.1 Å². The molecule has 0 amide bonds. The van der Waals surface area contributed by atoms with E-state index in [-0.39, 0.29) is 30.0 Å². The first kappa shape index (κ1) is 24.1. The topological polar surface area (TPSA) is 54.9 Å². The van der Waals surface area contributed by atoms with Crippen molar-refractivity contribution in [3.8, 4) is 5.75 Å². The van der Waals surface area contributed by atoms with Gasteiger partial charge in [0.05, 0.1) is 26.4 Å². The van der Waals surface area contributed by atoms with Crippen molar-refractivity contribution in [3.63, 3.8) is 0 Å². The van der Waals surface area contributed by atoms with Gasteiger partial charge in [0.25, 0.3) is 0 Å². The first-order valence-electron chi connectivity index (χ1n) is 8.67. The van der Waals surface area contributed by atoms with Gasteiger partial charge in [-0.3, -0.25) is 4.99 Å². The van der Waals surface area contributed by atoms with Crippen molar-refractivity contribution in [1.29, 1.82) is 0 Å². The predicted molar refractivity (Wildman–Crippen MR) is 117 cm³/mol. The molecule has 0 saturated heterocycles. The number of guanidine groups is 1. The number of nitrogens with zero attached hydrogens (tertiary/aromatic N) is 1. The second kappa shape index (κ2) is 12.5. The molecule has 5 nitrogen and oxygen atoms in total. The van der Waals surface area contributed by atoms with Crippen LogP contribution in [0.3, 0.4) is 0 Å². The number of nitrogens with one attached hydrogen (secondary N) is 2. The third-order valence-electron chi connectivity index (χ3n) is 3.99. The minimum absolute atomic E-state index is 0. The number of benzene rings is 2. The summed E-state index contributed by atoms with van der Waals surface area (Å²) in [6.45, 7) is 3.20. The number of hydrogen-bond donors (Lipinski definition) is 2. The van der Waals surface area contributed by atoms with Crippen molar-refractivity contribution in [2.24, 2.45) is 4.99 Å². The fourth-order valence-corrected chi connectivity index (χ4v) is 2.58. The van der Waals surface area contributed by atoms with Crippen LogP contribution in [0.25, 0.3) is 0 Å². The van der Waals surface area contributed by atoms with Gasteiger partial charge in [-0.2, -0.15) is 0 Å². The summed E-state index contributed by atoms with van der Waals surface area (Å²) in [6, 6.07) is 10.8. The quantitative estimate of drug-likeness (QED) is 0.246. The second-order valence-electron chi connectivity index (χ2n) is 5.90. The van der Waals surface area contributed by atoms with E-state index in [0.29, 0.717) is 31.3 Å². The highest BCUT2D eigenvalue weighted by Gasteiger charge is 2.13. The number of methoxy groups -OCH3 is 1. The molecule has 0 aliphatic rings. The highest BCUT2D eigenvalue weighted by atomic mass is 127. The maximum atomic E-state index is 13.9. The molecule has 0 saturated carbocycles. The Morgan fingerprint density at radius 1 is 1.18 bits per heavy atom. The van der Waals surface area contributed by atoms with Crippen LogP contribution in [0, 0.1) is 11.6 Å². The van der Waals surface area contributed by atoms with Crippen LogP contribution in [0.2, 0.25) is 0 Å². The van der Waals surface area contributed by atoms with Gasteiger partial charge >= 0.3 is 0 Å². The van der Waals surface area contributed by atoms with Gasteiger partial charge in [-0.25, -0.2) is 8.78 Å². The highest BCUT2D eigenvalue weighted by molar-refractivity contribution is 14.0. The third-order valence-corrected chi connectivity index (χ3v) is 3.99. The average molecular weight is 505 g/mol. The molecule has 2 N–H and O–H groups in total. The fourth-order valence-electron chi connectivity index (χ4n) is 2.58. The van der Waals surface area contributed by atoms with Gasteiger partial charge in [-0.05, 0) is 19.1 Å². The monoisotopic (exact) mass is 505 g/mol. The van der Waals surface area contributed by atoms with Crippen LogP contribution in [0.5, 0.6) is 5.75 Å². The lowest BCUT2D eigenvalue weighted by molar-refractivity contribution is 0.123. The minimum atomic E-state index is -0.599. The Hall–Kier alpha value is -1.94. The molecule has 2 aromatic carbocycles. The summed E-state index contributed by atoms with van der Waals surface area (Å²) in [4.78, 5) is 4.11. The minimum Gasteiger partial charge on any atom is -0.496 e. The molecule has 2 rings (SSSR count). The van der Waals surface area contributed by atoms with Crippen molar-refractivity contribution < 1.29 is 18.3 Å². The number of aliphatic imine (C=N–C) groups is 1. The van der Waals surface area contributed by atoms with Crippen molar-refractivity contribution in [2.75, 3.05) is 27.3 Å². The number of ether oxygens (including phenoxy) is 2. The largest absolute Gasteiger partial charge is 0.496 e. The van der Waals surface area contributed by atoms with Crippen molar-refractivity contribution in [1.82, 2.24) is 10.6 Å². The molecule has 0 aliphatic heterocycles. The zero-order chi connectivity index (χ0) is 19.6. The third kappa shape index (κ3) is 7.23. The normalized spacial score (nSPS) is 12.1. The number of hydrogen-bond acceptors (Lipinski definition) is 3. The van der Waals surface area contributed by atoms with Gasteiger partial charge in [0.1, 0.15) is 17.4 Å². The van der Waals surface area contributed by atoms with E-state index in [2.05, 4.69) is 15.6 Å². The summed E-state index contributed by atoms with van der Waals surface area (Å²) in [5.74, 6) is 0.106. The van der Waals surface area contributed by atoms with Gasteiger partial charge in [0, 0.05) is 30.8 Å².